The smallest absolute Gasteiger partial charge is 0.416 e. The number of alkyl halides is 3. The molecule has 0 saturated heterocycles. The van der Waals surface area contributed by atoms with E-state index in [1.807, 2.05) is 0 Å². The summed E-state index contributed by atoms with van der Waals surface area (Å²) in [6, 6.07) is 4.51. The molecule has 0 spiro atoms. The van der Waals surface area contributed by atoms with Crippen molar-refractivity contribution in [1.29, 1.82) is 0 Å². The van der Waals surface area contributed by atoms with Gasteiger partial charge in [-0.3, -0.25) is 4.79 Å². The number of rotatable bonds is 5. The van der Waals surface area contributed by atoms with Crippen molar-refractivity contribution in [3.63, 3.8) is 0 Å². The molecule has 0 aromatic heterocycles. The van der Waals surface area contributed by atoms with Crippen LogP contribution in [0.3, 0.4) is 0 Å². The number of aliphatic carboxylic acids is 1. The van der Waals surface area contributed by atoms with Crippen LogP contribution in [0.15, 0.2) is 24.3 Å². The van der Waals surface area contributed by atoms with Crippen LogP contribution in [0.4, 0.5) is 13.2 Å². The van der Waals surface area contributed by atoms with Crippen LogP contribution in [0.25, 0.3) is 0 Å². The molecule has 0 aliphatic rings. The van der Waals surface area contributed by atoms with Gasteiger partial charge in [0.05, 0.1) is 11.7 Å². The number of halogens is 3. The second kappa shape index (κ2) is 5.75. The predicted molar refractivity (Wildman–Crippen MR) is 58.4 cm³/mol. The van der Waals surface area contributed by atoms with Crippen molar-refractivity contribution >= 4 is 5.97 Å². The maximum Gasteiger partial charge on any atom is 0.416 e. The van der Waals surface area contributed by atoms with Crippen molar-refractivity contribution in [2.75, 3.05) is 0 Å². The Morgan fingerprint density at radius 1 is 1.44 bits per heavy atom. The molecule has 100 valence electrons. The number of carboxylic acids is 1. The van der Waals surface area contributed by atoms with Crippen LogP contribution in [-0.2, 0) is 11.0 Å². The summed E-state index contributed by atoms with van der Waals surface area (Å²) in [6.45, 7) is 1.61. The standard InChI is InChI=1S/C12H13F3O3/c1-8(5-6-11(16)17)18-10-4-2-3-9(7-10)12(13,14)15/h2-4,7-8H,5-6H2,1H3,(H,16,17). The van der Waals surface area contributed by atoms with Crippen molar-refractivity contribution in [3.8, 4) is 5.75 Å². The molecule has 0 fully saturated rings. The van der Waals surface area contributed by atoms with E-state index in [0.29, 0.717) is 0 Å². The fourth-order valence-corrected chi connectivity index (χ4v) is 1.36. The number of benzene rings is 1. The lowest BCUT2D eigenvalue weighted by Gasteiger charge is -2.15. The molecule has 0 aliphatic heterocycles. The minimum atomic E-state index is -4.41. The number of carbonyl (C=O) groups is 1. The molecule has 3 nitrogen and oxygen atoms in total. The monoisotopic (exact) mass is 262 g/mol. The highest BCUT2D eigenvalue weighted by Gasteiger charge is 2.30. The molecule has 1 aromatic carbocycles. The van der Waals surface area contributed by atoms with Gasteiger partial charge in [-0.1, -0.05) is 6.07 Å². The summed E-state index contributed by atoms with van der Waals surface area (Å²) in [5.74, 6) is -0.878. The normalized spacial score (nSPS) is 13.1. The molecule has 1 aromatic rings. The highest BCUT2D eigenvalue weighted by atomic mass is 19.4. The number of ether oxygens (including phenoxy) is 1. The fraction of sp³-hybridized carbons (Fsp3) is 0.417. The summed E-state index contributed by atoms with van der Waals surface area (Å²) in [5.41, 5.74) is -0.787. The zero-order chi connectivity index (χ0) is 13.8. The van der Waals surface area contributed by atoms with Crippen LogP contribution >= 0.6 is 0 Å². The van der Waals surface area contributed by atoms with E-state index >= 15 is 0 Å². The van der Waals surface area contributed by atoms with Gasteiger partial charge in [-0.2, -0.15) is 13.2 Å². The lowest BCUT2D eigenvalue weighted by molar-refractivity contribution is -0.138. The number of hydrogen-bond donors (Lipinski definition) is 1. The molecule has 0 amide bonds. The molecule has 0 radical (unpaired) electrons. The lowest BCUT2D eigenvalue weighted by atomic mass is 10.2. The Hall–Kier alpha value is -1.72. The number of carboxylic acid groups (broad SMARTS) is 1. The van der Waals surface area contributed by atoms with E-state index in [9.17, 15) is 18.0 Å². The minimum absolute atomic E-state index is 0.0832. The summed E-state index contributed by atoms with van der Waals surface area (Å²) in [5, 5.41) is 8.47. The van der Waals surface area contributed by atoms with E-state index in [1.165, 1.54) is 12.1 Å². The van der Waals surface area contributed by atoms with Crippen LogP contribution in [-0.4, -0.2) is 17.2 Å². The van der Waals surface area contributed by atoms with Gasteiger partial charge in [0.15, 0.2) is 0 Å². The Morgan fingerprint density at radius 3 is 2.67 bits per heavy atom. The lowest BCUT2D eigenvalue weighted by Crippen LogP contribution is -2.14. The zero-order valence-corrected chi connectivity index (χ0v) is 9.70. The third-order valence-corrected chi connectivity index (χ3v) is 2.26. The van der Waals surface area contributed by atoms with Crippen molar-refractivity contribution in [2.24, 2.45) is 0 Å². The summed E-state index contributed by atoms with van der Waals surface area (Å²) in [4.78, 5) is 10.3. The van der Waals surface area contributed by atoms with Gasteiger partial charge in [0.1, 0.15) is 5.75 Å². The first kappa shape index (κ1) is 14.3. The molecule has 0 heterocycles. The molecule has 0 bridgehead atoms. The molecule has 6 heteroatoms. The van der Waals surface area contributed by atoms with Gasteiger partial charge < -0.3 is 9.84 Å². The SMILES string of the molecule is CC(CCC(=O)O)Oc1cccc(C(F)(F)F)c1. The predicted octanol–water partition coefficient (Wildman–Crippen LogP) is 3.34. The van der Waals surface area contributed by atoms with Crippen molar-refractivity contribution in [3.05, 3.63) is 29.8 Å². The fourth-order valence-electron chi connectivity index (χ4n) is 1.36. The molecule has 1 atom stereocenters. The Kier molecular flexibility index (Phi) is 4.58. The van der Waals surface area contributed by atoms with Gasteiger partial charge >= 0.3 is 12.1 Å². The highest BCUT2D eigenvalue weighted by Crippen LogP contribution is 2.31. The van der Waals surface area contributed by atoms with Crippen LogP contribution in [0.2, 0.25) is 0 Å². The molecule has 1 rings (SSSR count). The molecule has 1 unspecified atom stereocenters. The first-order valence-electron chi connectivity index (χ1n) is 5.35. The summed E-state index contributed by atoms with van der Waals surface area (Å²) in [6.07, 6.45) is -4.71. The zero-order valence-electron chi connectivity index (χ0n) is 9.70. The average Bonchev–Trinajstić information content (AvgIpc) is 2.25. The second-order valence-electron chi connectivity index (χ2n) is 3.89. The molecule has 0 aliphatic carbocycles. The summed E-state index contributed by atoms with van der Waals surface area (Å²) in [7, 11) is 0. The first-order chi connectivity index (χ1) is 8.29. The largest absolute Gasteiger partial charge is 0.491 e. The van der Waals surface area contributed by atoms with Crippen molar-refractivity contribution in [1.82, 2.24) is 0 Å². The van der Waals surface area contributed by atoms with Gasteiger partial charge in [0, 0.05) is 6.42 Å². The van der Waals surface area contributed by atoms with Gasteiger partial charge in [0.2, 0.25) is 0 Å². The maximum atomic E-state index is 12.4. The average molecular weight is 262 g/mol. The quantitative estimate of drug-likeness (QED) is 0.885. The summed E-state index contributed by atoms with van der Waals surface area (Å²) < 4.78 is 42.5. The molecule has 0 saturated carbocycles. The van der Waals surface area contributed by atoms with Gasteiger partial charge in [0.25, 0.3) is 0 Å². The van der Waals surface area contributed by atoms with E-state index in [0.717, 1.165) is 12.1 Å². The highest BCUT2D eigenvalue weighted by molar-refractivity contribution is 5.66. The van der Waals surface area contributed by atoms with Crippen LogP contribution in [0.5, 0.6) is 5.75 Å². The summed E-state index contributed by atoms with van der Waals surface area (Å²) >= 11 is 0. The Morgan fingerprint density at radius 2 is 2.11 bits per heavy atom. The Labute approximate surface area is 102 Å². The van der Waals surface area contributed by atoms with Crippen LogP contribution < -0.4 is 4.74 Å². The van der Waals surface area contributed by atoms with Gasteiger partial charge in [-0.15, -0.1) is 0 Å². The third kappa shape index (κ3) is 4.65. The number of hydrogen-bond acceptors (Lipinski definition) is 2. The van der Waals surface area contributed by atoms with E-state index in [1.54, 1.807) is 6.92 Å². The van der Waals surface area contributed by atoms with Crippen LogP contribution in [0, 0.1) is 0 Å². The third-order valence-electron chi connectivity index (χ3n) is 2.26. The van der Waals surface area contributed by atoms with Crippen LogP contribution in [0.1, 0.15) is 25.3 Å². The molecule has 1 N–H and O–H groups in total. The first-order valence-corrected chi connectivity index (χ1v) is 5.35. The topological polar surface area (TPSA) is 46.5 Å². The van der Waals surface area contributed by atoms with Gasteiger partial charge in [-0.05, 0) is 31.5 Å². The van der Waals surface area contributed by atoms with Crippen molar-refractivity contribution < 1.29 is 27.8 Å². The minimum Gasteiger partial charge on any atom is -0.491 e. The van der Waals surface area contributed by atoms with E-state index in [2.05, 4.69) is 0 Å². The van der Waals surface area contributed by atoms with Gasteiger partial charge in [-0.25, -0.2) is 0 Å². The van der Waals surface area contributed by atoms with Crippen molar-refractivity contribution in [2.45, 2.75) is 32.0 Å². The second-order valence-corrected chi connectivity index (χ2v) is 3.89. The Balaban J connectivity index is 2.65. The molecule has 18 heavy (non-hydrogen) atoms. The van der Waals surface area contributed by atoms with E-state index in [4.69, 9.17) is 9.84 Å². The Bertz CT molecular complexity index is 415. The molecular weight excluding hydrogens is 249 g/mol. The maximum absolute atomic E-state index is 12.4. The molecular formula is C12H13F3O3. The van der Waals surface area contributed by atoms with E-state index in [-0.39, 0.29) is 18.6 Å². The van der Waals surface area contributed by atoms with E-state index < -0.39 is 23.8 Å².